The normalized spacial score (nSPS) is 12.3. The maximum absolute atomic E-state index is 12.2. The van der Waals surface area contributed by atoms with Crippen LogP contribution in [0.15, 0.2) is 45.5 Å². The molecule has 1 atom stereocenters. The Hall–Kier alpha value is -1.44. The zero-order valence-electron chi connectivity index (χ0n) is 13.9. The Morgan fingerprint density at radius 1 is 1.28 bits per heavy atom. The van der Waals surface area contributed by atoms with E-state index in [9.17, 15) is 4.79 Å². The van der Waals surface area contributed by atoms with Gasteiger partial charge in [-0.05, 0) is 31.0 Å². The second-order valence-corrected chi connectivity index (χ2v) is 8.25. The van der Waals surface area contributed by atoms with E-state index in [2.05, 4.69) is 43.4 Å². The molecule has 0 fully saturated rings. The number of thiophene rings is 1. The van der Waals surface area contributed by atoms with Gasteiger partial charge < -0.3 is 4.74 Å². The molecule has 0 N–H and O–H groups in total. The van der Waals surface area contributed by atoms with Crippen LogP contribution in [0.25, 0.3) is 21.3 Å². The maximum atomic E-state index is 12.2. The average Bonchev–Trinajstić information content (AvgIpc) is 3.05. The molecule has 0 radical (unpaired) electrons. The van der Waals surface area contributed by atoms with E-state index in [-0.39, 0.29) is 11.2 Å². The van der Waals surface area contributed by atoms with Crippen LogP contribution in [0, 0.1) is 0 Å². The van der Waals surface area contributed by atoms with E-state index in [1.54, 1.807) is 17.7 Å². The van der Waals surface area contributed by atoms with E-state index < -0.39 is 0 Å². The monoisotopic (exact) mass is 436 g/mol. The summed E-state index contributed by atoms with van der Waals surface area (Å²) in [4.78, 5) is 21.9. The molecule has 1 unspecified atom stereocenters. The molecule has 1 aromatic carbocycles. The number of hydrogen-bond acceptors (Lipinski definition) is 6. The highest BCUT2D eigenvalue weighted by atomic mass is 79.9. The third kappa shape index (κ3) is 4.04. The lowest BCUT2D eigenvalue weighted by molar-refractivity contribution is -0.142. The van der Waals surface area contributed by atoms with Gasteiger partial charge in [-0.1, -0.05) is 46.7 Å². The summed E-state index contributed by atoms with van der Waals surface area (Å²) >= 11 is 6.51. The molecule has 130 valence electrons. The Morgan fingerprint density at radius 2 is 2.04 bits per heavy atom. The smallest absolute Gasteiger partial charge is 0.319 e. The molecular weight excluding hydrogens is 420 g/mol. The van der Waals surface area contributed by atoms with Gasteiger partial charge in [0.1, 0.15) is 21.4 Å². The summed E-state index contributed by atoms with van der Waals surface area (Å²) in [6, 6.07) is 8.16. The van der Waals surface area contributed by atoms with E-state index >= 15 is 0 Å². The lowest BCUT2D eigenvalue weighted by Gasteiger charge is -2.13. The molecule has 0 saturated heterocycles. The molecule has 0 saturated carbocycles. The van der Waals surface area contributed by atoms with Crippen LogP contribution in [-0.2, 0) is 9.53 Å². The molecule has 7 heteroatoms. The van der Waals surface area contributed by atoms with Crippen molar-refractivity contribution in [2.45, 2.75) is 30.5 Å². The number of rotatable bonds is 6. The number of fused-ring (bicyclic) bond motifs is 1. The molecule has 2 aromatic heterocycles. The number of halogens is 1. The highest BCUT2D eigenvalue weighted by Crippen LogP contribution is 2.39. The Labute approximate surface area is 163 Å². The molecule has 0 bridgehead atoms. The Morgan fingerprint density at radius 3 is 2.72 bits per heavy atom. The molecule has 2 heterocycles. The maximum Gasteiger partial charge on any atom is 0.319 e. The Balaban J connectivity index is 2.02. The van der Waals surface area contributed by atoms with Gasteiger partial charge in [0, 0.05) is 15.4 Å². The van der Waals surface area contributed by atoms with E-state index in [4.69, 9.17) is 4.74 Å². The summed E-state index contributed by atoms with van der Waals surface area (Å²) in [6.07, 6.45) is 2.25. The molecule has 0 aliphatic rings. The van der Waals surface area contributed by atoms with Crippen molar-refractivity contribution in [1.29, 1.82) is 0 Å². The minimum atomic E-state index is -0.268. The fourth-order valence-corrected chi connectivity index (χ4v) is 4.72. The number of aromatic nitrogens is 2. The predicted octanol–water partition coefficient (Wildman–Crippen LogP) is 5.55. The minimum absolute atomic E-state index is 0.192. The molecule has 25 heavy (non-hydrogen) atoms. The van der Waals surface area contributed by atoms with Gasteiger partial charge in [0.2, 0.25) is 0 Å². The van der Waals surface area contributed by atoms with Crippen molar-refractivity contribution in [2.24, 2.45) is 0 Å². The van der Waals surface area contributed by atoms with Gasteiger partial charge in [0.25, 0.3) is 0 Å². The molecule has 0 aliphatic heterocycles. The fourth-order valence-electron chi connectivity index (χ4n) is 2.45. The molecule has 0 aliphatic carbocycles. The van der Waals surface area contributed by atoms with E-state index in [0.717, 1.165) is 30.8 Å². The molecule has 3 rings (SSSR count). The lowest BCUT2D eigenvalue weighted by Crippen LogP contribution is -2.19. The van der Waals surface area contributed by atoms with Crippen LogP contribution in [0.5, 0.6) is 0 Å². The highest BCUT2D eigenvalue weighted by molar-refractivity contribution is 9.10. The fraction of sp³-hybridized carbons (Fsp3) is 0.278. The van der Waals surface area contributed by atoms with E-state index in [1.807, 2.05) is 26.0 Å². The van der Waals surface area contributed by atoms with Crippen LogP contribution >= 0.6 is 39.0 Å². The quantitative estimate of drug-likeness (QED) is 0.287. The van der Waals surface area contributed by atoms with Crippen molar-refractivity contribution < 1.29 is 9.53 Å². The number of nitrogens with zero attached hydrogens (tertiary/aromatic N) is 2. The molecule has 0 amide bonds. The van der Waals surface area contributed by atoms with Crippen LogP contribution in [0.4, 0.5) is 0 Å². The van der Waals surface area contributed by atoms with Gasteiger partial charge in [-0.15, -0.1) is 11.3 Å². The first-order chi connectivity index (χ1) is 12.1. The minimum Gasteiger partial charge on any atom is -0.465 e. The van der Waals surface area contributed by atoms with Gasteiger partial charge in [-0.2, -0.15) is 0 Å². The first-order valence-corrected chi connectivity index (χ1v) is 10.5. The zero-order valence-corrected chi connectivity index (χ0v) is 17.1. The van der Waals surface area contributed by atoms with Crippen LogP contribution in [-0.4, -0.2) is 27.8 Å². The number of carbonyl (C=O) groups excluding carboxylic acids is 1. The van der Waals surface area contributed by atoms with Crippen molar-refractivity contribution in [3.63, 3.8) is 0 Å². The summed E-state index contributed by atoms with van der Waals surface area (Å²) in [6.45, 7) is 4.19. The Bertz CT molecular complexity index is 880. The number of thioether (sulfide) groups is 1. The molecular formula is C18H17BrN2O2S2. The van der Waals surface area contributed by atoms with Crippen molar-refractivity contribution in [3.05, 3.63) is 40.4 Å². The highest BCUT2D eigenvalue weighted by Gasteiger charge is 2.22. The number of carbonyl (C=O) groups is 1. The first-order valence-electron chi connectivity index (χ1n) is 7.95. The topological polar surface area (TPSA) is 52.1 Å². The van der Waals surface area contributed by atoms with Gasteiger partial charge in [-0.3, -0.25) is 4.79 Å². The van der Waals surface area contributed by atoms with Gasteiger partial charge >= 0.3 is 5.97 Å². The lowest BCUT2D eigenvalue weighted by atomic mass is 10.1. The standard InChI is InChI=1S/C18H17BrN2O2S2/c1-3-14(18(22)23-4-2)25-17-15-13(9-24-16(15)20-10-21-17)11-5-7-12(19)8-6-11/h5-10,14H,3-4H2,1-2H3. The van der Waals surface area contributed by atoms with Crippen LogP contribution < -0.4 is 0 Å². The number of esters is 1. The SMILES string of the molecule is CCOC(=O)C(CC)Sc1ncnc2scc(-c3ccc(Br)cc3)c12. The first kappa shape index (κ1) is 18.4. The zero-order chi connectivity index (χ0) is 17.8. The summed E-state index contributed by atoms with van der Waals surface area (Å²) in [5.74, 6) is -0.192. The van der Waals surface area contributed by atoms with Crippen LogP contribution in [0.3, 0.4) is 0 Å². The molecule has 3 aromatic rings. The van der Waals surface area contributed by atoms with E-state index in [0.29, 0.717) is 13.0 Å². The largest absolute Gasteiger partial charge is 0.465 e. The average molecular weight is 437 g/mol. The second-order valence-electron chi connectivity index (χ2n) is 5.28. The van der Waals surface area contributed by atoms with Crippen molar-refractivity contribution >= 4 is 55.2 Å². The van der Waals surface area contributed by atoms with Crippen molar-refractivity contribution in [2.75, 3.05) is 6.61 Å². The summed E-state index contributed by atoms with van der Waals surface area (Å²) in [7, 11) is 0. The number of benzene rings is 1. The van der Waals surface area contributed by atoms with Gasteiger partial charge in [-0.25, -0.2) is 9.97 Å². The predicted molar refractivity (Wildman–Crippen MR) is 107 cm³/mol. The van der Waals surface area contributed by atoms with Gasteiger partial charge in [0.15, 0.2) is 0 Å². The third-order valence-electron chi connectivity index (χ3n) is 3.66. The van der Waals surface area contributed by atoms with Gasteiger partial charge in [0.05, 0.1) is 12.0 Å². The van der Waals surface area contributed by atoms with Crippen molar-refractivity contribution in [3.8, 4) is 11.1 Å². The second kappa shape index (κ2) is 8.29. The molecule has 0 spiro atoms. The number of ether oxygens (including phenoxy) is 1. The third-order valence-corrected chi connectivity index (χ3v) is 6.42. The van der Waals surface area contributed by atoms with Crippen LogP contribution in [0.2, 0.25) is 0 Å². The summed E-state index contributed by atoms with van der Waals surface area (Å²) in [5, 5.41) is 3.65. The Kier molecular flexibility index (Phi) is 6.09. The summed E-state index contributed by atoms with van der Waals surface area (Å²) in [5.41, 5.74) is 2.20. The van der Waals surface area contributed by atoms with Crippen LogP contribution in [0.1, 0.15) is 20.3 Å². The summed E-state index contributed by atoms with van der Waals surface area (Å²) < 4.78 is 6.22. The molecule has 4 nitrogen and oxygen atoms in total. The van der Waals surface area contributed by atoms with E-state index in [1.165, 1.54) is 11.8 Å². The number of hydrogen-bond donors (Lipinski definition) is 0. The van der Waals surface area contributed by atoms with Crippen molar-refractivity contribution in [1.82, 2.24) is 9.97 Å².